The summed E-state index contributed by atoms with van der Waals surface area (Å²) in [6.45, 7) is 7.78. The summed E-state index contributed by atoms with van der Waals surface area (Å²) >= 11 is 0. The van der Waals surface area contributed by atoms with E-state index < -0.39 is 12.1 Å². The molecule has 6 nitrogen and oxygen atoms in total. The van der Waals surface area contributed by atoms with Gasteiger partial charge in [0.25, 0.3) is 0 Å². The van der Waals surface area contributed by atoms with Crippen LogP contribution in [0.25, 0.3) is 0 Å². The Bertz CT molecular complexity index is 526. The second kappa shape index (κ2) is 9.80. The summed E-state index contributed by atoms with van der Waals surface area (Å²) in [6.07, 6.45) is -0.0956. The molecule has 0 saturated heterocycles. The van der Waals surface area contributed by atoms with Crippen molar-refractivity contribution in [2.75, 3.05) is 13.7 Å². The number of ether oxygens (including phenoxy) is 2. The summed E-state index contributed by atoms with van der Waals surface area (Å²) in [5.74, 6) is 0.556. The third-order valence-corrected chi connectivity index (χ3v) is 3.44. The molecule has 0 aromatic heterocycles. The van der Waals surface area contributed by atoms with Gasteiger partial charge in [0.15, 0.2) is 0 Å². The fraction of sp³-hybridized carbons (Fsp3) is 0.556. The second-order valence-corrected chi connectivity index (χ2v) is 6.21. The Balaban J connectivity index is 2.48. The van der Waals surface area contributed by atoms with Crippen molar-refractivity contribution in [3.63, 3.8) is 0 Å². The van der Waals surface area contributed by atoms with Crippen LogP contribution in [-0.2, 0) is 16.0 Å². The van der Waals surface area contributed by atoms with E-state index in [1.165, 1.54) is 0 Å². The molecule has 1 aromatic carbocycles. The van der Waals surface area contributed by atoms with Crippen molar-refractivity contribution in [1.29, 1.82) is 0 Å². The van der Waals surface area contributed by atoms with E-state index in [1.54, 1.807) is 21.0 Å². The average Bonchev–Trinajstić information content (AvgIpc) is 2.52. The first-order chi connectivity index (χ1) is 11.3. The summed E-state index contributed by atoms with van der Waals surface area (Å²) in [7, 11) is 1.62. The van der Waals surface area contributed by atoms with Crippen molar-refractivity contribution < 1.29 is 19.1 Å². The number of carbonyl (C=O) groups excluding carboxylic acids is 2. The topological polar surface area (TPSA) is 76.7 Å². The summed E-state index contributed by atoms with van der Waals surface area (Å²) in [5, 5.41) is 5.48. The molecule has 0 radical (unpaired) electrons. The number of benzene rings is 1. The van der Waals surface area contributed by atoms with E-state index in [0.29, 0.717) is 13.0 Å². The van der Waals surface area contributed by atoms with Crippen molar-refractivity contribution in [1.82, 2.24) is 10.6 Å². The van der Waals surface area contributed by atoms with Crippen LogP contribution in [0.15, 0.2) is 24.3 Å². The van der Waals surface area contributed by atoms with Crippen LogP contribution in [0.5, 0.6) is 5.75 Å². The fourth-order valence-electron chi connectivity index (χ4n) is 2.14. The van der Waals surface area contributed by atoms with Gasteiger partial charge in [-0.2, -0.15) is 0 Å². The Labute approximate surface area is 143 Å². The summed E-state index contributed by atoms with van der Waals surface area (Å²) < 4.78 is 10.1. The van der Waals surface area contributed by atoms with E-state index in [9.17, 15) is 9.59 Å². The number of hydrogen-bond acceptors (Lipinski definition) is 4. The van der Waals surface area contributed by atoms with Gasteiger partial charge in [0, 0.05) is 6.54 Å². The summed E-state index contributed by atoms with van der Waals surface area (Å²) in [4.78, 5) is 24.0. The standard InChI is InChI=1S/C18H28N2O4/c1-12(2)16(20-18(22)24-13(3)4)17(21)19-11-10-14-6-8-15(23-5)9-7-14/h6-9,12-13,16H,10-11H2,1-5H3,(H,19,21)(H,20,22)/t16-/m0/s1. The zero-order valence-corrected chi connectivity index (χ0v) is 15.1. The maximum absolute atomic E-state index is 12.3. The highest BCUT2D eigenvalue weighted by atomic mass is 16.6. The third kappa shape index (κ3) is 6.89. The lowest BCUT2D eigenvalue weighted by molar-refractivity contribution is -0.124. The van der Waals surface area contributed by atoms with Crippen LogP contribution in [-0.4, -0.2) is 37.8 Å². The molecule has 0 aliphatic rings. The van der Waals surface area contributed by atoms with Crippen molar-refractivity contribution in [3.8, 4) is 5.75 Å². The number of hydrogen-bond donors (Lipinski definition) is 2. The molecule has 0 unspecified atom stereocenters. The molecule has 0 fully saturated rings. The Morgan fingerprint density at radius 1 is 1.08 bits per heavy atom. The average molecular weight is 336 g/mol. The van der Waals surface area contributed by atoms with Crippen LogP contribution in [0.2, 0.25) is 0 Å². The molecule has 24 heavy (non-hydrogen) atoms. The van der Waals surface area contributed by atoms with Gasteiger partial charge >= 0.3 is 6.09 Å². The van der Waals surface area contributed by atoms with Gasteiger partial charge in [-0.25, -0.2) is 4.79 Å². The zero-order chi connectivity index (χ0) is 18.1. The molecule has 0 aliphatic heterocycles. The molecule has 134 valence electrons. The summed E-state index contributed by atoms with van der Waals surface area (Å²) in [5.41, 5.74) is 1.10. The van der Waals surface area contributed by atoms with E-state index >= 15 is 0 Å². The van der Waals surface area contributed by atoms with Crippen LogP contribution < -0.4 is 15.4 Å². The Kier molecular flexibility index (Phi) is 8.09. The van der Waals surface area contributed by atoms with E-state index in [1.807, 2.05) is 38.1 Å². The summed E-state index contributed by atoms with van der Waals surface area (Å²) in [6, 6.07) is 7.08. The molecule has 2 amide bonds. The third-order valence-electron chi connectivity index (χ3n) is 3.44. The number of nitrogens with one attached hydrogen (secondary N) is 2. The van der Waals surface area contributed by atoms with Crippen LogP contribution in [0.1, 0.15) is 33.3 Å². The zero-order valence-electron chi connectivity index (χ0n) is 15.1. The molecule has 6 heteroatoms. The fourth-order valence-corrected chi connectivity index (χ4v) is 2.14. The minimum Gasteiger partial charge on any atom is -0.497 e. The minimum absolute atomic E-state index is 0.0364. The minimum atomic E-state index is -0.618. The number of carbonyl (C=O) groups is 2. The van der Waals surface area contributed by atoms with E-state index in [-0.39, 0.29) is 17.9 Å². The second-order valence-electron chi connectivity index (χ2n) is 6.21. The molecule has 0 bridgehead atoms. The highest BCUT2D eigenvalue weighted by Gasteiger charge is 2.24. The maximum atomic E-state index is 12.3. The largest absolute Gasteiger partial charge is 0.497 e. The monoisotopic (exact) mass is 336 g/mol. The van der Waals surface area contributed by atoms with Gasteiger partial charge in [-0.15, -0.1) is 0 Å². The first-order valence-corrected chi connectivity index (χ1v) is 8.21. The maximum Gasteiger partial charge on any atom is 0.408 e. The van der Waals surface area contributed by atoms with Gasteiger partial charge < -0.3 is 20.1 Å². The smallest absolute Gasteiger partial charge is 0.408 e. The quantitative estimate of drug-likeness (QED) is 0.765. The number of alkyl carbamates (subject to hydrolysis) is 1. The molecular formula is C18H28N2O4. The van der Waals surface area contributed by atoms with Crippen molar-refractivity contribution in [3.05, 3.63) is 29.8 Å². The lowest BCUT2D eigenvalue weighted by Crippen LogP contribution is -2.50. The Morgan fingerprint density at radius 2 is 1.71 bits per heavy atom. The highest BCUT2D eigenvalue weighted by molar-refractivity contribution is 5.85. The molecule has 0 aliphatic carbocycles. The predicted octanol–water partition coefficient (Wildman–Crippen LogP) is 2.51. The van der Waals surface area contributed by atoms with Gasteiger partial charge in [-0.05, 0) is 43.9 Å². The molecule has 1 atom stereocenters. The van der Waals surface area contributed by atoms with Gasteiger partial charge in [-0.1, -0.05) is 26.0 Å². The van der Waals surface area contributed by atoms with Gasteiger partial charge in [0.05, 0.1) is 13.2 Å². The van der Waals surface area contributed by atoms with Crippen LogP contribution in [0.4, 0.5) is 4.79 Å². The first kappa shape index (κ1) is 19.8. The SMILES string of the molecule is COc1ccc(CCNC(=O)[C@@H](NC(=O)OC(C)C)C(C)C)cc1. The van der Waals surface area contributed by atoms with Crippen molar-refractivity contribution in [2.24, 2.45) is 5.92 Å². The number of methoxy groups -OCH3 is 1. The molecule has 0 spiro atoms. The Hall–Kier alpha value is -2.24. The molecule has 1 rings (SSSR count). The first-order valence-electron chi connectivity index (χ1n) is 8.21. The van der Waals surface area contributed by atoms with E-state index in [0.717, 1.165) is 11.3 Å². The number of rotatable bonds is 8. The van der Waals surface area contributed by atoms with Gasteiger partial charge in [0.1, 0.15) is 11.8 Å². The van der Waals surface area contributed by atoms with Crippen LogP contribution in [0.3, 0.4) is 0 Å². The van der Waals surface area contributed by atoms with Crippen LogP contribution in [0, 0.1) is 5.92 Å². The van der Waals surface area contributed by atoms with Gasteiger partial charge in [-0.3, -0.25) is 4.79 Å². The van der Waals surface area contributed by atoms with E-state index in [4.69, 9.17) is 9.47 Å². The van der Waals surface area contributed by atoms with Crippen LogP contribution >= 0.6 is 0 Å². The Morgan fingerprint density at radius 3 is 2.21 bits per heavy atom. The van der Waals surface area contributed by atoms with E-state index in [2.05, 4.69) is 10.6 Å². The molecule has 1 aromatic rings. The van der Waals surface area contributed by atoms with Gasteiger partial charge in [0.2, 0.25) is 5.91 Å². The van der Waals surface area contributed by atoms with Crippen molar-refractivity contribution >= 4 is 12.0 Å². The number of amides is 2. The molecule has 2 N–H and O–H groups in total. The molecule has 0 heterocycles. The molecule has 0 saturated carbocycles. The molecular weight excluding hydrogens is 308 g/mol. The lowest BCUT2D eigenvalue weighted by atomic mass is 10.0. The van der Waals surface area contributed by atoms with Crippen molar-refractivity contribution in [2.45, 2.75) is 46.3 Å². The normalized spacial score (nSPS) is 12.0. The lowest BCUT2D eigenvalue weighted by Gasteiger charge is -2.22. The predicted molar refractivity (Wildman–Crippen MR) is 93.1 cm³/mol. The highest BCUT2D eigenvalue weighted by Crippen LogP contribution is 2.11.